The largest absolute Gasteiger partial charge is 0.274 e. The summed E-state index contributed by atoms with van der Waals surface area (Å²) in [6.07, 6.45) is 2.33. The van der Waals surface area contributed by atoms with Crippen LogP contribution in [0.25, 0.3) is 0 Å². The van der Waals surface area contributed by atoms with Gasteiger partial charge in [0.1, 0.15) is 0 Å². The molecule has 26 heavy (non-hydrogen) atoms. The minimum Gasteiger partial charge on any atom is -0.274 e. The molecule has 0 bridgehead atoms. The maximum Gasteiger partial charge on any atom is 0.231 e. The van der Waals surface area contributed by atoms with Gasteiger partial charge in [0, 0.05) is 23.9 Å². The van der Waals surface area contributed by atoms with Crippen LogP contribution in [0.15, 0.2) is 58.3 Å². The van der Waals surface area contributed by atoms with Crippen LogP contribution in [0, 0.1) is 0 Å². The monoisotopic (exact) mass is 432 g/mol. The first-order chi connectivity index (χ1) is 12.0. The van der Waals surface area contributed by atoms with Gasteiger partial charge in [-0.2, -0.15) is 0 Å². The zero-order valence-corrected chi connectivity index (χ0v) is 18.0. The number of hydrogen-bond donors (Lipinski definition) is 0. The number of hydrogen-bond acceptors (Lipinski definition) is 6. The van der Waals surface area contributed by atoms with Gasteiger partial charge in [-0.15, -0.1) is 0 Å². The Hall–Kier alpha value is -1.36. The Kier molecular flexibility index (Phi) is 6.54. The van der Waals surface area contributed by atoms with E-state index in [1.54, 1.807) is 24.3 Å². The molecule has 0 N–H and O–H groups in total. The van der Waals surface area contributed by atoms with Crippen molar-refractivity contribution < 1.29 is 16.8 Å². The summed E-state index contributed by atoms with van der Waals surface area (Å²) in [6, 6.07) is 14.5. The van der Waals surface area contributed by atoms with E-state index in [-0.39, 0.29) is 0 Å². The highest BCUT2D eigenvalue weighted by molar-refractivity contribution is 8.76. The first-order valence-electron chi connectivity index (χ1n) is 7.41. The van der Waals surface area contributed by atoms with E-state index in [0.717, 1.165) is 22.3 Å². The van der Waals surface area contributed by atoms with Gasteiger partial charge in [0.25, 0.3) is 0 Å². The van der Waals surface area contributed by atoms with E-state index in [2.05, 4.69) is 0 Å². The fourth-order valence-electron chi connectivity index (χ4n) is 1.90. The topological polar surface area (TPSA) is 74.8 Å². The minimum atomic E-state index is -3.27. The second-order valence-electron chi connectivity index (χ2n) is 5.62. The van der Waals surface area contributed by atoms with Gasteiger partial charge in [0.2, 0.25) is 20.0 Å². The minimum absolute atomic E-state index is 0.606. The molecule has 6 nitrogen and oxygen atoms in total. The van der Waals surface area contributed by atoms with Crippen LogP contribution in [-0.4, -0.2) is 43.4 Å². The zero-order chi connectivity index (χ0) is 19.5. The summed E-state index contributed by atoms with van der Waals surface area (Å²) in [4.78, 5) is 1.97. The Morgan fingerprint density at radius 3 is 1.12 bits per heavy atom. The normalized spacial score (nSPS) is 12.0. The summed E-state index contributed by atoms with van der Waals surface area (Å²) in [7, 11) is -0.436. The van der Waals surface area contributed by atoms with Gasteiger partial charge in [-0.25, -0.2) is 16.8 Å². The van der Waals surface area contributed by atoms with Gasteiger partial charge in [-0.05, 0) is 48.5 Å². The summed E-state index contributed by atoms with van der Waals surface area (Å²) in [5, 5.41) is 0. The smallest absolute Gasteiger partial charge is 0.231 e. The Labute approximate surface area is 163 Å². The molecular weight excluding hydrogens is 412 g/mol. The number of rotatable bonds is 7. The van der Waals surface area contributed by atoms with Crippen LogP contribution in [0.4, 0.5) is 11.4 Å². The second kappa shape index (κ2) is 8.12. The van der Waals surface area contributed by atoms with Crippen molar-refractivity contribution in [2.75, 3.05) is 35.2 Å². The van der Waals surface area contributed by atoms with Crippen LogP contribution >= 0.6 is 21.6 Å². The maximum absolute atomic E-state index is 11.5. The van der Waals surface area contributed by atoms with E-state index in [0.29, 0.717) is 11.4 Å². The van der Waals surface area contributed by atoms with Gasteiger partial charge >= 0.3 is 0 Å². The van der Waals surface area contributed by atoms with Crippen LogP contribution in [0.3, 0.4) is 0 Å². The summed E-state index contributed by atoms with van der Waals surface area (Å²) in [5.74, 6) is 0. The maximum atomic E-state index is 11.5. The summed E-state index contributed by atoms with van der Waals surface area (Å²) in [5.41, 5.74) is 1.21. The number of anilines is 2. The SMILES string of the molecule is CN(c1ccc(SSc2ccc(N(C)S(C)(=O)=O)cc2)cc1)S(C)(=O)=O. The molecule has 10 heteroatoms. The van der Waals surface area contributed by atoms with Crippen molar-refractivity contribution in [3.63, 3.8) is 0 Å². The standard InChI is InChI=1S/C16H20N2O4S4/c1-17(25(3,19)20)13-5-9-15(10-6-13)23-24-16-11-7-14(8-12-16)18(2)26(4,21)22/h5-12H,1-4H3. The molecule has 0 aliphatic carbocycles. The molecule has 0 unspecified atom stereocenters. The van der Waals surface area contributed by atoms with E-state index >= 15 is 0 Å². The molecule has 2 rings (SSSR count). The van der Waals surface area contributed by atoms with Crippen molar-refractivity contribution in [2.24, 2.45) is 0 Å². The fraction of sp³-hybridized carbons (Fsp3) is 0.250. The third-order valence-corrected chi connectivity index (χ3v) is 8.46. The highest BCUT2D eigenvalue weighted by Crippen LogP contribution is 2.38. The van der Waals surface area contributed by atoms with E-state index in [4.69, 9.17) is 0 Å². The summed E-state index contributed by atoms with van der Waals surface area (Å²) in [6.45, 7) is 0. The van der Waals surface area contributed by atoms with E-state index in [1.807, 2.05) is 24.3 Å². The van der Waals surface area contributed by atoms with Gasteiger partial charge in [0.15, 0.2) is 0 Å². The Bertz CT molecular complexity index is 875. The molecular formula is C16H20N2O4S4. The van der Waals surface area contributed by atoms with Crippen LogP contribution in [0.2, 0.25) is 0 Å². The zero-order valence-electron chi connectivity index (χ0n) is 14.8. The van der Waals surface area contributed by atoms with Crippen molar-refractivity contribution in [2.45, 2.75) is 9.79 Å². The molecule has 142 valence electrons. The molecule has 0 saturated heterocycles. The van der Waals surface area contributed by atoms with Crippen LogP contribution < -0.4 is 8.61 Å². The van der Waals surface area contributed by atoms with Gasteiger partial charge in [-0.3, -0.25) is 8.61 Å². The van der Waals surface area contributed by atoms with Crippen LogP contribution in [0.1, 0.15) is 0 Å². The average Bonchev–Trinajstić information content (AvgIpc) is 2.58. The number of benzene rings is 2. The molecule has 0 saturated carbocycles. The lowest BCUT2D eigenvalue weighted by molar-refractivity contribution is 0.598. The summed E-state index contributed by atoms with van der Waals surface area (Å²) < 4.78 is 48.6. The van der Waals surface area contributed by atoms with E-state index in [9.17, 15) is 16.8 Å². The average molecular weight is 433 g/mol. The molecule has 0 spiro atoms. The van der Waals surface area contributed by atoms with Crippen molar-refractivity contribution in [3.8, 4) is 0 Å². The van der Waals surface area contributed by atoms with Crippen LogP contribution in [-0.2, 0) is 20.0 Å². The molecule has 2 aromatic carbocycles. The lowest BCUT2D eigenvalue weighted by Gasteiger charge is -2.17. The first kappa shape index (κ1) is 20.9. The van der Waals surface area contributed by atoms with Gasteiger partial charge in [0.05, 0.1) is 23.9 Å². The molecule has 0 aromatic heterocycles. The molecule has 0 aliphatic heterocycles. The summed E-state index contributed by atoms with van der Waals surface area (Å²) >= 11 is 0. The molecule has 0 fully saturated rings. The molecule has 0 atom stereocenters. The van der Waals surface area contributed by atoms with Crippen molar-refractivity contribution in [3.05, 3.63) is 48.5 Å². The highest BCUT2D eigenvalue weighted by atomic mass is 33.1. The Morgan fingerprint density at radius 2 is 0.885 bits per heavy atom. The van der Waals surface area contributed by atoms with Crippen molar-refractivity contribution >= 4 is 53.0 Å². The van der Waals surface area contributed by atoms with E-state index < -0.39 is 20.0 Å². The molecule has 2 aromatic rings. The second-order valence-corrected chi connectivity index (χ2v) is 11.9. The molecule has 0 aliphatic rings. The molecule has 0 heterocycles. The number of sulfonamides is 2. The predicted molar refractivity (Wildman–Crippen MR) is 111 cm³/mol. The van der Waals surface area contributed by atoms with E-state index in [1.165, 1.54) is 44.3 Å². The quantitative estimate of drug-likeness (QED) is 0.625. The van der Waals surface area contributed by atoms with Gasteiger partial charge in [-0.1, -0.05) is 21.6 Å². The Morgan fingerprint density at radius 1 is 0.615 bits per heavy atom. The third kappa shape index (κ3) is 5.57. The molecule has 0 amide bonds. The van der Waals surface area contributed by atoms with Gasteiger partial charge < -0.3 is 0 Å². The van der Waals surface area contributed by atoms with Crippen molar-refractivity contribution in [1.29, 1.82) is 0 Å². The van der Waals surface area contributed by atoms with Crippen molar-refractivity contribution in [1.82, 2.24) is 0 Å². The molecule has 0 radical (unpaired) electrons. The number of nitrogens with zero attached hydrogens (tertiary/aromatic N) is 2. The lowest BCUT2D eigenvalue weighted by atomic mass is 10.3. The third-order valence-electron chi connectivity index (χ3n) is 3.63. The lowest BCUT2D eigenvalue weighted by Crippen LogP contribution is -2.24. The first-order valence-corrected chi connectivity index (χ1v) is 13.3. The Balaban J connectivity index is 2.01. The predicted octanol–water partition coefficient (Wildman–Crippen LogP) is 3.28. The highest BCUT2D eigenvalue weighted by Gasteiger charge is 2.12. The fourth-order valence-corrected chi connectivity index (χ4v) is 4.84. The van der Waals surface area contributed by atoms with Crippen LogP contribution in [0.5, 0.6) is 0 Å².